The largest absolute Gasteiger partial charge is 0.508 e. The number of likely N-dealkylation sites (N-methyl/N-ethyl adjacent to an activating group) is 1. The Hall–Kier alpha value is -1.55. The second-order valence-corrected chi connectivity index (χ2v) is 5.32. The first kappa shape index (κ1) is 15.5. The molecule has 19 heavy (non-hydrogen) atoms. The van der Waals surface area contributed by atoms with Crippen LogP contribution in [0.4, 0.5) is 0 Å². The van der Waals surface area contributed by atoms with Gasteiger partial charge in [0.05, 0.1) is 6.42 Å². The maximum atomic E-state index is 12.0. The van der Waals surface area contributed by atoms with Crippen LogP contribution in [0.1, 0.15) is 25.8 Å². The maximum absolute atomic E-state index is 12.0. The van der Waals surface area contributed by atoms with E-state index in [0.29, 0.717) is 18.0 Å². The predicted octanol–water partition coefficient (Wildman–Crippen LogP) is 1.77. The molecule has 0 spiro atoms. The molecule has 0 aliphatic heterocycles. The van der Waals surface area contributed by atoms with Gasteiger partial charge < -0.3 is 15.7 Å². The topological polar surface area (TPSA) is 66.6 Å². The third-order valence-corrected chi connectivity index (χ3v) is 3.41. The van der Waals surface area contributed by atoms with Crippen LogP contribution < -0.4 is 5.73 Å². The summed E-state index contributed by atoms with van der Waals surface area (Å²) in [4.78, 5) is 13.7. The van der Waals surface area contributed by atoms with Gasteiger partial charge in [0.15, 0.2) is 0 Å². The van der Waals surface area contributed by atoms with Gasteiger partial charge in [0.25, 0.3) is 0 Å². The van der Waals surface area contributed by atoms with Gasteiger partial charge in [-0.05, 0) is 18.4 Å². The molecular weight excluding hydrogens is 240 g/mol. The van der Waals surface area contributed by atoms with E-state index in [1.54, 1.807) is 30.1 Å². The minimum Gasteiger partial charge on any atom is -0.508 e. The molecule has 0 aromatic heterocycles. The summed E-state index contributed by atoms with van der Waals surface area (Å²) in [5.74, 6) is 0.585. The van der Waals surface area contributed by atoms with Gasteiger partial charge in [-0.3, -0.25) is 4.79 Å². The first-order chi connectivity index (χ1) is 8.91. The highest BCUT2D eigenvalue weighted by Gasteiger charge is 2.14. The molecule has 1 aromatic carbocycles. The second kappa shape index (κ2) is 7.14. The molecule has 0 saturated carbocycles. The van der Waals surface area contributed by atoms with Crippen molar-refractivity contribution >= 4 is 5.91 Å². The summed E-state index contributed by atoms with van der Waals surface area (Å²) in [6, 6.07) is 7.03. The number of para-hydroxylation sites is 1. The van der Waals surface area contributed by atoms with E-state index in [-0.39, 0.29) is 24.1 Å². The molecule has 0 bridgehead atoms. The van der Waals surface area contributed by atoms with Crippen molar-refractivity contribution in [2.75, 3.05) is 13.6 Å². The van der Waals surface area contributed by atoms with Gasteiger partial charge in [0.1, 0.15) is 5.75 Å². The molecular formula is C15H24N2O2. The Morgan fingerprint density at radius 1 is 1.37 bits per heavy atom. The summed E-state index contributed by atoms with van der Waals surface area (Å²) in [5, 5.41) is 9.64. The SMILES string of the molecule is CC(C)C(N)CCN(C)C(=O)Cc1ccccc1O. The fourth-order valence-corrected chi connectivity index (χ4v) is 1.76. The normalized spacial score (nSPS) is 12.5. The fourth-order valence-electron chi connectivity index (χ4n) is 1.76. The molecule has 0 heterocycles. The van der Waals surface area contributed by atoms with Crippen LogP contribution in [0.5, 0.6) is 5.75 Å². The van der Waals surface area contributed by atoms with Crippen LogP contribution in [0.2, 0.25) is 0 Å². The van der Waals surface area contributed by atoms with Crippen LogP contribution in [0, 0.1) is 5.92 Å². The predicted molar refractivity (Wildman–Crippen MR) is 76.9 cm³/mol. The molecule has 0 saturated heterocycles. The number of carbonyl (C=O) groups is 1. The lowest BCUT2D eigenvalue weighted by atomic mass is 10.0. The summed E-state index contributed by atoms with van der Waals surface area (Å²) in [5.41, 5.74) is 6.62. The zero-order chi connectivity index (χ0) is 14.4. The Balaban J connectivity index is 2.47. The third-order valence-electron chi connectivity index (χ3n) is 3.41. The van der Waals surface area contributed by atoms with E-state index in [4.69, 9.17) is 5.73 Å². The van der Waals surface area contributed by atoms with E-state index in [1.165, 1.54) is 0 Å². The number of aromatic hydroxyl groups is 1. The Kier molecular flexibility index (Phi) is 5.83. The van der Waals surface area contributed by atoms with Crippen LogP contribution in [-0.2, 0) is 11.2 Å². The first-order valence-electron chi connectivity index (χ1n) is 6.68. The number of benzene rings is 1. The van der Waals surface area contributed by atoms with Gasteiger partial charge in [-0.1, -0.05) is 32.0 Å². The minimum absolute atomic E-state index is 0.00236. The van der Waals surface area contributed by atoms with Gasteiger partial charge in [-0.25, -0.2) is 0 Å². The number of phenols is 1. The van der Waals surface area contributed by atoms with E-state index in [1.807, 2.05) is 6.07 Å². The minimum atomic E-state index is -0.00236. The molecule has 0 fully saturated rings. The Labute approximate surface area is 115 Å². The van der Waals surface area contributed by atoms with Crippen molar-refractivity contribution in [3.63, 3.8) is 0 Å². The van der Waals surface area contributed by atoms with E-state index in [0.717, 1.165) is 6.42 Å². The summed E-state index contributed by atoms with van der Waals surface area (Å²) in [6.07, 6.45) is 1.01. The van der Waals surface area contributed by atoms with Crippen LogP contribution in [-0.4, -0.2) is 35.5 Å². The standard InChI is InChI=1S/C15H24N2O2/c1-11(2)13(16)8-9-17(3)15(19)10-12-6-4-5-7-14(12)18/h4-7,11,13,18H,8-10,16H2,1-3H3. The highest BCUT2D eigenvalue weighted by atomic mass is 16.3. The fraction of sp³-hybridized carbons (Fsp3) is 0.533. The van der Waals surface area contributed by atoms with Crippen molar-refractivity contribution in [2.24, 2.45) is 11.7 Å². The summed E-state index contributed by atoms with van der Waals surface area (Å²) in [7, 11) is 1.77. The lowest BCUT2D eigenvalue weighted by Gasteiger charge is -2.21. The van der Waals surface area contributed by atoms with Gasteiger partial charge in [0, 0.05) is 25.2 Å². The van der Waals surface area contributed by atoms with Crippen molar-refractivity contribution in [1.82, 2.24) is 4.90 Å². The number of nitrogens with zero attached hydrogens (tertiary/aromatic N) is 1. The average molecular weight is 264 g/mol. The number of rotatable bonds is 6. The number of carbonyl (C=O) groups excluding carboxylic acids is 1. The lowest BCUT2D eigenvalue weighted by Crippen LogP contribution is -2.35. The van der Waals surface area contributed by atoms with Crippen molar-refractivity contribution in [2.45, 2.75) is 32.7 Å². The highest BCUT2D eigenvalue weighted by Crippen LogP contribution is 2.16. The average Bonchev–Trinajstić information content (AvgIpc) is 2.37. The smallest absolute Gasteiger partial charge is 0.226 e. The molecule has 4 nitrogen and oxygen atoms in total. The molecule has 1 aromatic rings. The monoisotopic (exact) mass is 264 g/mol. The van der Waals surface area contributed by atoms with Crippen molar-refractivity contribution < 1.29 is 9.90 Å². The number of hydrogen-bond donors (Lipinski definition) is 2. The molecule has 1 unspecified atom stereocenters. The molecule has 4 heteroatoms. The molecule has 106 valence electrons. The van der Waals surface area contributed by atoms with Crippen molar-refractivity contribution in [3.8, 4) is 5.75 Å². The molecule has 0 aliphatic rings. The Morgan fingerprint density at radius 3 is 2.58 bits per heavy atom. The highest BCUT2D eigenvalue weighted by molar-refractivity contribution is 5.79. The Bertz CT molecular complexity index is 418. The van der Waals surface area contributed by atoms with Gasteiger partial charge in [-0.15, -0.1) is 0 Å². The molecule has 0 radical (unpaired) electrons. The second-order valence-electron chi connectivity index (χ2n) is 5.32. The number of phenolic OH excluding ortho intramolecular Hbond substituents is 1. The van der Waals surface area contributed by atoms with Gasteiger partial charge >= 0.3 is 0 Å². The number of amides is 1. The van der Waals surface area contributed by atoms with Crippen LogP contribution in [0.25, 0.3) is 0 Å². The zero-order valence-corrected chi connectivity index (χ0v) is 12.0. The molecule has 0 aliphatic carbocycles. The molecule has 1 amide bonds. The lowest BCUT2D eigenvalue weighted by molar-refractivity contribution is -0.129. The number of nitrogens with two attached hydrogens (primary N) is 1. The third kappa shape index (κ3) is 4.91. The summed E-state index contributed by atoms with van der Waals surface area (Å²) in [6.45, 7) is 4.80. The summed E-state index contributed by atoms with van der Waals surface area (Å²) < 4.78 is 0. The maximum Gasteiger partial charge on any atom is 0.226 e. The van der Waals surface area contributed by atoms with E-state index < -0.39 is 0 Å². The molecule has 1 atom stereocenters. The quantitative estimate of drug-likeness (QED) is 0.823. The van der Waals surface area contributed by atoms with E-state index in [9.17, 15) is 9.90 Å². The van der Waals surface area contributed by atoms with Gasteiger partial charge in [-0.2, -0.15) is 0 Å². The van der Waals surface area contributed by atoms with E-state index in [2.05, 4.69) is 13.8 Å². The van der Waals surface area contributed by atoms with Gasteiger partial charge in [0.2, 0.25) is 5.91 Å². The number of hydrogen-bond acceptors (Lipinski definition) is 3. The van der Waals surface area contributed by atoms with Crippen molar-refractivity contribution in [1.29, 1.82) is 0 Å². The first-order valence-corrected chi connectivity index (χ1v) is 6.68. The van der Waals surface area contributed by atoms with E-state index >= 15 is 0 Å². The zero-order valence-electron chi connectivity index (χ0n) is 12.0. The molecule has 3 N–H and O–H groups in total. The van der Waals surface area contributed by atoms with Crippen LogP contribution in [0.3, 0.4) is 0 Å². The van der Waals surface area contributed by atoms with Crippen LogP contribution in [0.15, 0.2) is 24.3 Å². The summed E-state index contributed by atoms with van der Waals surface area (Å²) >= 11 is 0. The Morgan fingerprint density at radius 2 is 2.00 bits per heavy atom. The van der Waals surface area contributed by atoms with Crippen LogP contribution >= 0.6 is 0 Å². The van der Waals surface area contributed by atoms with Crippen molar-refractivity contribution in [3.05, 3.63) is 29.8 Å². The molecule has 1 rings (SSSR count).